The van der Waals surface area contributed by atoms with Crippen molar-refractivity contribution < 1.29 is 0 Å². The number of likely N-dealkylation sites (tertiary alicyclic amines) is 1. The second-order valence-corrected chi connectivity index (χ2v) is 6.00. The highest BCUT2D eigenvalue weighted by atomic mass is 15.3. The maximum Gasteiger partial charge on any atom is 0.155 e. The van der Waals surface area contributed by atoms with Gasteiger partial charge in [-0.1, -0.05) is 6.42 Å². The lowest BCUT2D eigenvalue weighted by Crippen LogP contribution is -2.33. The van der Waals surface area contributed by atoms with Crippen molar-refractivity contribution in [1.82, 2.24) is 29.5 Å². The van der Waals surface area contributed by atoms with Crippen LogP contribution < -0.4 is 0 Å². The number of nitrogens with zero attached hydrogens (tertiary/aromatic N) is 5. The molecule has 1 aliphatic rings. The Balaban J connectivity index is 1.64. The van der Waals surface area contributed by atoms with Crippen LogP contribution in [0.5, 0.6) is 0 Å². The molecule has 1 atom stereocenters. The van der Waals surface area contributed by atoms with Gasteiger partial charge in [0.25, 0.3) is 0 Å². The molecule has 114 valence electrons. The van der Waals surface area contributed by atoms with E-state index in [1.54, 1.807) is 6.33 Å². The second kappa shape index (κ2) is 5.53. The largest absolute Gasteiger partial charge is 0.347 e. The van der Waals surface area contributed by atoms with E-state index in [0.29, 0.717) is 6.04 Å². The zero-order valence-corrected chi connectivity index (χ0v) is 12.7. The van der Waals surface area contributed by atoms with E-state index in [9.17, 15) is 0 Å². The minimum absolute atomic E-state index is 0.372. The van der Waals surface area contributed by atoms with Crippen molar-refractivity contribution in [2.24, 2.45) is 0 Å². The molecule has 1 fully saturated rings. The third-order valence-electron chi connectivity index (χ3n) is 4.35. The van der Waals surface area contributed by atoms with Gasteiger partial charge in [0, 0.05) is 30.7 Å². The summed E-state index contributed by atoms with van der Waals surface area (Å²) in [7, 11) is 0. The number of imidazole rings is 1. The van der Waals surface area contributed by atoms with Crippen LogP contribution in [0.4, 0.5) is 0 Å². The fourth-order valence-corrected chi connectivity index (χ4v) is 3.30. The molecule has 6 heteroatoms. The van der Waals surface area contributed by atoms with E-state index >= 15 is 0 Å². The number of nitrogens with one attached hydrogen (secondary N) is 1. The van der Waals surface area contributed by atoms with Crippen LogP contribution in [0.3, 0.4) is 0 Å². The van der Waals surface area contributed by atoms with Gasteiger partial charge in [-0.15, -0.1) is 0 Å². The number of hydrogen-bond acceptors (Lipinski definition) is 4. The van der Waals surface area contributed by atoms with Gasteiger partial charge in [0.1, 0.15) is 0 Å². The van der Waals surface area contributed by atoms with Crippen LogP contribution in [-0.4, -0.2) is 36.0 Å². The van der Waals surface area contributed by atoms with Crippen molar-refractivity contribution in [2.75, 3.05) is 6.54 Å². The van der Waals surface area contributed by atoms with E-state index in [0.717, 1.165) is 42.2 Å². The van der Waals surface area contributed by atoms with Gasteiger partial charge in [-0.25, -0.2) is 14.5 Å². The van der Waals surface area contributed by atoms with E-state index < -0.39 is 0 Å². The van der Waals surface area contributed by atoms with E-state index in [1.165, 1.54) is 12.8 Å². The molecule has 4 rings (SSSR count). The van der Waals surface area contributed by atoms with Gasteiger partial charge in [0.2, 0.25) is 0 Å². The number of aromatic nitrogens is 5. The maximum absolute atomic E-state index is 4.83. The summed E-state index contributed by atoms with van der Waals surface area (Å²) in [6, 6.07) is 4.51. The van der Waals surface area contributed by atoms with E-state index in [1.807, 2.05) is 29.9 Å². The summed E-state index contributed by atoms with van der Waals surface area (Å²) in [4.78, 5) is 14.7. The minimum Gasteiger partial charge on any atom is -0.347 e. The summed E-state index contributed by atoms with van der Waals surface area (Å²) in [6.45, 7) is 4.00. The van der Waals surface area contributed by atoms with Gasteiger partial charge in [-0.05, 0) is 32.4 Å². The lowest BCUT2D eigenvalue weighted by molar-refractivity contribution is 0.136. The summed E-state index contributed by atoms with van der Waals surface area (Å²) in [5, 5.41) is 4.41. The van der Waals surface area contributed by atoms with Crippen molar-refractivity contribution in [3.63, 3.8) is 0 Å². The van der Waals surface area contributed by atoms with Crippen molar-refractivity contribution in [2.45, 2.75) is 38.8 Å². The molecule has 0 spiro atoms. The molecule has 0 aromatic carbocycles. The van der Waals surface area contributed by atoms with Crippen LogP contribution >= 0.6 is 0 Å². The van der Waals surface area contributed by atoms with Crippen LogP contribution in [0.15, 0.2) is 30.9 Å². The Bertz CT molecular complexity index is 760. The van der Waals surface area contributed by atoms with Crippen molar-refractivity contribution in [1.29, 1.82) is 0 Å². The third-order valence-corrected chi connectivity index (χ3v) is 4.35. The first-order valence-corrected chi connectivity index (χ1v) is 7.84. The van der Waals surface area contributed by atoms with Crippen LogP contribution in [0.25, 0.3) is 5.65 Å². The lowest BCUT2D eigenvalue weighted by Gasteiger charge is -2.34. The number of hydrogen-bond donors (Lipinski definition) is 1. The SMILES string of the molecule is Cc1cc2nc([C@@H]3CCCCN3Cc3cnc[nH]3)ccn2n1. The monoisotopic (exact) mass is 296 g/mol. The molecule has 0 unspecified atom stereocenters. The fourth-order valence-electron chi connectivity index (χ4n) is 3.30. The predicted molar refractivity (Wildman–Crippen MR) is 83.3 cm³/mol. The number of piperidine rings is 1. The Labute approximate surface area is 129 Å². The highest BCUT2D eigenvalue weighted by Crippen LogP contribution is 2.31. The average molecular weight is 296 g/mol. The first kappa shape index (κ1) is 13.5. The number of rotatable bonds is 3. The summed E-state index contributed by atoms with van der Waals surface area (Å²) < 4.78 is 1.85. The summed E-state index contributed by atoms with van der Waals surface area (Å²) >= 11 is 0. The standard InChI is InChI=1S/C16H20N6/c1-12-8-16-19-14(5-7-22(16)20-12)15-4-2-3-6-21(15)10-13-9-17-11-18-13/h5,7-9,11,15H,2-4,6,10H2,1H3,(H,17,18)/t15-/m0/s1. The van der Waals surface area contributed by atoms with Crippen molar-refractivity contribution in [3.05, 3.63) is 47.9 Å². The van der Waals surface area contributed by atoms with E-state index in [2.05, 4.69) is 26.0 Å². The number of H-pyrrole nitrogens is 1. The Morgan fingerprint density at radius 1 is 1.36 bits per heavy atom. The Hall–Kier alpha value is -2.21. The Morgan fingerprint density at radius 2 is 2.32 bits per heavy atom. The molecule has 3 aromatic rings. The van der Waals surface area contributed by atoms with Gasteiger partial charge in [-0.2, -0.15) is 5.10 Å². The summed E-state index contributed by atoms with van der Waals surface area (Å²) in [5.41, 5.74) is 4.24. The quantitative estimate of drug-likeness (QED) is 0.806. The molecular formula is C16H20N6. The van der Waals surface area contributed by atoms with Gasteiger partial charge in [-0.3, -0.25) is 4.90 Å². The first-order chi connectivity index (χ1) is 10.8. The number of fused-ring (bicyclic) bond motifs is 1. The van der Waals surface area contributed by atoms with Crippen molar-refractivity contribution >= 4 is 5.65 Å². The van der Waals surface area contributed by atoms with Crippen LogP contribution in [0.1, 0.15) is 42.4 Å². The molecule has 4 heterocycles. The highest BCUT2D eigenvalue weighted by Gasteiger charge is 2.25. The Kier molecular flexibility index (Phi) is 3.38. The molecule has 3 aromatic heterocycles. The van der Waals surface area contributed by atoms with Gasteiger partial charge in [0.05, 0.1) is 23.8 Å². The molecular weight excluding hydrogens is 276 g/mol. The third kappa shape index (κ3) is 2.50. The second-order valence-electron chi connectivity index (χ2n) is 6.00. The number of aryl methyl sites for hydroxylation is 1. The molecule has 0 amide bonds. The first-order valence-electron chi connectivity index (χ1n) is 7.84. The fraction of sp³-hybridized carbons (Fsp3) is 0.438. The highest BCUT2D eigenvalue weighted by molar-refractivity contribution is 5.39. The van der Waals surface area contributed by atoms with Gasteiger partial charge < -0.3 is 4.98 Å². The molecule has 0 saturated carbocycles. The van der Waals surface area contributed by atoms with E-state index in [4.69, 9.17) is 4.98 Å². The van der Waals surface area contributed by atoms with Crippen LogP contribution in [0.2, 0.25) is 0 Å². The maximum atomic E-state index is 4.83. The number of aromatic amines is 1. The normalized spacial score (nSPS) is 19.8. The van der Waals surface area contributed by atoms with Gasteiger partial charge >= 0.3 is 0 Å². The topological polar surface area (TPSA) is 62.1 Å². The average Bonchev–Trinajstić information content (AvgIpc) is 3.15. The minimum atomic E-state index is 0.372. The van der Waals surface area contributed by atoms with Gasteiger partial charge in [0.15, 0.2) is 5.65 Å². The molecule has 1 aliphatic heterocycles. The van der Waals surface area contributed by atoms with Crippen LogP contribution in [-0.2, 0) is 6.54 Å². The predicted octanol–water partition coefficient (Wildman–Crippen LogP) is 2.49. The van der Waals surface area contributed by atoms with E-state index in [-0.39, 0.29) is 0 Å². The lowest BCUT2D eigenvalue weighted by atomic mass is 9.99. The van der Waals surface area contributed by atoms with Crippen molar-refractivity contribution in [3.8, 4) is 0 Å². The zero-order valence-electron chi connectivity index (χ0n) is 12.7. The molecule has 22 heavy (non-hydrogen) atoms. The van der Waals surface area contributed by atoms with Crippen LogP contribution in [0, 0.1) is 6.92 Å². The summed E-state index contributed by atoms with van der Waals surface area (Å²) in [6.07, 6.45) is 9.34. The smallest absolute Gasteiger partial charge is 0.155 e. The molecule has 6 nitrogen and oxygen atoms in total. The molecule has 1 saturated heterocycles. The summed E-state index contributed by atoms with van der Waals surface area (Å²) in [5.74, 6) is 0. The molecule has 0 radical (unpaired) electrons. The molecule has 0 bridgehead atoms. The molecule has 1 N–H and O–H groups in total. The Morgan fingerprint density at radius 3 is 3.18 bits per heavy atom. The molecule has 0 aliphatic carbocycles. The zero-order chi connectivity index (χ0) is 14.9.